The molecule has 1 amide bonds. The summed E-state index contributed by atoms with van der Waals surface area (Å²) in [7, 11) is 0. The summed E-state index contributed by atoms with van der Waals surface area (Å²) < 4.78 is 2.80. The predicted molar refractivity (Wildman–Crippen MR) is 97.5 cm³/mol. The van der Waals surface area contributed by atoms with Crippen molar-refractivity contribution in [2.75, 3.05) is 5.32 Å². The zero-order chi connectivity index (χ0) is 17.4. The third-order valence-corrected chi connectivity index (χ3v) is 5.00. The Morgan fingerprint density at radius 2 is 1.96 bits per heavy atom. The summed E-state index contributed by atoms with van der Waals surface area (Å²) in [5, 5.41) is 11.9. The lowest BCUT2D eigenvalue weighted by Crippen LogP contribution is -2.25. The van der Waals surface area contributed by atoms with E-state index >= 15 is 0 Å². The molecular weight excluding hydrogens is 380 g/mol. The number of benzene rings is 2. The first-order chi connectivity index (χ1) is 12.2. The fourth-order valence-corrected chi connectivity index (χ4v) is 3.58. The van der Waals surface area contributed by atoms with Gasteiger partial charge in [0.15, 0.2) is 0 Å². The molecular formula is C19H13BrN4O. The molecule has 1 atom stereocenters. The first-order valence-corrected chi connectivity index (χ1v) is 8.58. The van der Waals surface area contributed by atoms with E-state index in [1.807, 2.05) is 41.0 Å². The third kappa shape index (κ3) is 2.73. The molecule has 1 N–H and O–H groups in total. The van der Waals surface area contributed by atoms with Gasteiger partial charge in [0, 0.05) is 16.8 Å². The van der Waals surface area contributed by atoms with Crippen molar-refractivity contribution in [3.63, 3.8) is 0 Å². The van der Waals surface area contributed by atoms with Crippen molar-refractivity contribution in [1.82, 2.24) is 9.55 Å². The number of carbonyl (C=O) groups excluding carboxylic acids is 1. The Hall–Kier alpha value is -2.91. The van der Waals surface area contributed by atoms with Crippen LogP contribution in [0.3, 0.4) is 0 Å². The van der Waals surface area contributed by atoms with Crippen molar-refractivity contribution in [2.24, 2.45) is 0 Å². The Bertz CT molecular complexity index is 1000. The lowest BCUT2D eigenvalue weighted by molar-refractivity contribution is -0.116. The highest BCUT2D eigenvalue weighted by Gasteiger charge is 2.31. The molecule has 0 radical (unpaired) electrons. The molecule has 1 aliphatic rings. The molecule has 6 heteroatoms. The highest BCUT2D eigenvalue weighted by Crippen LogP contribution is 2.38. The molecule has 2 heterocycles. The van der Waals surface area contributed by atoms with E-state index in [4.69, 9.17) is 5.26 Å². The fraction of sp³-hybridized carbons (Fsp3) is 0.105. The van der Waals surface area contributed by atoms with Crippen LogP contribution in [-0.4, -0.2) is 15.5 Å². The molecule has 0 bridgehead atoms. The van der Waals surface area contributed by atoms with Crippen LogP contribution in [0.5, 0.6) is 0 Å². The lowest BCUT2D eigenvalue weighted by atomic mass is 9.89. The molecule has 0 fully saturated rings. The van der Waals surface area contributed by atoms with Crippen molar-refractivity contribution in [1.29, 1.82) is 5.26 Å². The highest BCUT2D eigenvalue weighted by molar-refractivity contribution is 9.10. The van der Waals surface area contributed by atoms with Crippen molar-refractivity contribution in [3.8, 4) is 11.8 Å². The van der Waals surface area contributed by atoms with Crippen molar-refractivity contribution in [3.05, 3.63) is 76.2 Å². The molecule has 1 aromatic heterocycles. The van der Waals surface area contributed by atoms with Crippen LogP contribution in [-0.2, 0) is 4.79 Å². The van der Waals surface area contributed by atoms with Gasteiger partial charge in [0.1, 0.15) is 12.1 Å². The van der Waals surface area contributed by atoms with Crippen LogP contribution in [0, 0.1) is 11.3 Å². The largest absolute Gasteiger partial charge is 0.310 e. The van der Waals surface area contributed by atoms with Gasteiger partial charge in [-0.05, 0) is 45.8 Å². The minimum Gasteiger partial charge on any atom is -0.310 e. The number of halogens is 1. The predicted octanol–water partition coefficient (Wildman–Crippen LogP) is 3.98. The molecule has 0 saturated carbocycles. The van der Waals surface area contributed by atoms with Crippen molar-refractivity contribution < 1.29 is 4.79 Å². The first kappa shape index (κ1) is 15.6. The van der Waals surface area contributed by atoms with Crippen LogP contribution in [0.4, 0.5) is 5.82 Å². The number of nitrogens with one attached hydrogen (secondary N) is 1. The molecule has 0 saturated heterocycles. The number of carbonyl (C=O) groups is 1. The number of nitrogens with zero attached hydrogens (tertiary/aromatic N) is 3. The number of nitriles is 1. The van der Waals surface area contributed by atoms with Crippen LogP contribution in [0.2, 0.25) is 0 Å². The molecule has 2 aromatic carbocycles. The maximum atomic E-state index is 12.3. The number of hydrogen-bond donors (Lipinski definition) is 1. The zero-order valence-electron chi connectivity index (χ0n) is 13.1. The van der Waals surface area contributed by atoms with Crippen LogP contribution >= 0.6 is 15.9 Å². The minimum atomic E-state index is -0.125. The van der Waals surface area contributed by atoms with Gasteiger partial charge in [-0.25, -0.2) is 4.98 Å². The summed E-state index contributed by atoms with van der Waals surface area (Å²) in [6.45, 7) is 0. The van der Waals surface area contributed by atoms with E-state index in [1.54, 1.807) is 18.5 Å². The number of fused-ring (bicyclic) bond motifs is 1. The van der Waals surface area contributed by atoms with Gasteiger partial charge in [0.05, 0.1) is 23.0 Å². The summed E-state index contributed by atoms with van der Waals surface area (Å²) in [4.78, 5) is 16.9. The molecule has 0 aliphatic carbocycles. The Balaban J connectivity index is 1.81. The average Bonchev–Trinajstić information content (AvgIpc) is 3.05. The highest BCUT2D eigenvalue weighted by atomic mass is 79.9. The molecule has 122 valence electrons. The molecule has 1 unspecified atom stereocenters. The van der Waals surface area contributed by atoms with E-state index < -0.39 is 0 Å². The van der Waals surface area contributed by atoms with Gasteiger partial charge in [-0.3, -0.25) is 9.36 Å². The van der Waals surface area contributed by atoms with Crippen LogP contribution < -0.4 is 5.32 Å². The molecule has 4 rings (SSSR count). The topological polar surface area (TPSA) is 70.7 Å². The number of aromatic nitrogens is 2. The van der Waals surface area contributed by atoms with Gasteiger partial charge < -0.3 is 5.32 Å². The van der Waals surface area contributed by atoms with E-state index in [1.165, 1.54) is 0 Å². The zero-order valence-corrected chi connectivity index (χ0v) is 14.7. The van der Waals surface area contributed by atoms with Crippen LogP contribution in [0.25, 0.3) is 5.69 Å². The standard InChI is InChI=1S/C19H13BrN4O/c20-15-3-1-2-4-16(15)24-11-22-18-14(9-17(25)23-19(18)24)13-7-5-12(10-21)6-8-13/h1-8,11,14H,9H2,(H,23,25). The van der Waals surface area contributed by atoms with Crippen LogP contribution in [0.1, 0.15) is 29.2 Å². The quantitative estimate of drug-likeness (QED) is 0.716. The van der Waals surface area contributed by atoms with Gasteiger partial charge in [0.25, 0.3) is 0 Å². The van der Waals surface area contributed by atoms with Crippen LogP contribution in [0.15, 0.2) is 59.3 Å². The van der Waals surface area contributed by atoms with E-state index in [0.717, 1.165) is 21.4 Å². The monoisotopic (exact) mass is 392 g/mol. The van der Waals surface area contributed by atoms with E-state index in [2.05, 4.69) is 32.3 Å². The summed E-state index contributed by atoms with van der Waals surface area (Å²) in [6, 6.07) is 17.2. The van der Waals surface area contributed by atoms with Gasteiger partial charge in [-0.1, -0.05) is 24.3 Å². The summed E-state index contributed by atoms with van der Waals surface area (Å²) in [5.41, 5.74) is 3.33. The second-order valence-corrected chi connectivity index (χ2v) is 6.69. The summed E-state index contributed by atoms with van der Waals surface area (Å²) >= 11 is 3.54. The second-order valence-electron chi connectivity index (χ2n) is 5.84. The van der Waals surface area contributed by atoms with E-state index in [-0.39, 0.29) is 11.8 Å². The summed E-state index contributed by atoms with van der Waals surface area (Å²) in [5.74, 6) is 0.522. The third-order valence-electron chi connectivity index (χ3n) is 4.33. The fourth-order valence-electron chi connectivity index (χ4n) is 3.10. The number of imidazole rings is 1. The Morgan fingerprint density at radius 3 is 2.68 bits per heavy atom. The van der Waals surface area contributed by atoms with Gasteiger partial charge in [-0.15, -0.1) is 0 Å². The van der Waals surface area contributed by atoms with Crippen molar-refractivity contribution >= 4 is 27.7 Å². The lowest BCUT2D eigenvalue weighted by Gasteiger charge is -2.23. The SMILES string of the molecule is N#Cc1ccc(C2CC(=O)Nc3c2ncn3-c2ccccc2Br)cc1. The number of para-hydroxylation sites is 1. The minimum absolute atomic E-state index is 0.0457. The number of hydrogen-bond acceptors (Lipinski definition) is 3. The normalized spacial score (nSPS) is 16.0. The number of amides is 1. The van der Waals surface area contributed by atoms with Gasteiger partial charge in [0.2, 0.25) is 5.91 Å². The average molecular weight is 393 g/mol. The summed E-state index contributed by atoms with van der Waals surface area (Å²) in [6.07, 6.45) is 2.07. The Labute approximate surface area is 153 Å². The number of anilines is 1. The van der Waals surface area contributed by atoms with Crippen molar-refractivity contribution in [2.45, 2.75) is 12.3 Å². The maximum Gasteiger partial charge on any atom is 0.226 e. The van der Waals surface area contributed by atoms with E-state index in [0.29, 0.717) is 17.8 Å². The molecule has 3 aromatic rings. The molecule has 5 nitrogen and oxygen atoms in total. The molecule has 25 heavy (non-hydrogen) atoms. The number of rotatable bonds is 2. The van der Waals surface area contributed by atoms with E-state index in [9.17, 15) is 4.79 Å². The maximum absolute atomic E-state index is 12.3. The molecule has 0 spiro atoms. The molecule has 1 aliphatic heterocycles. The first-order valence-electron chi connectivity index (χ1n) is 7.79. The smallest absolute Gasteiger partial charge is 0.226 e. The second kappa shape index (κ2) is 6.19. The Morgan fingerprint density at radius 1 is 1.20 bits per heavy atom. The van der Waals surface area contributed by atoms with Gasteiger partial charge >= 0.3 is 0 Å². The Kier molecular flexibility index (Phi) is 3.86. The van der Waals surface area contributed by atoms with Gasteiger partial charge in [-0.2, -0.15) is 5.26 Å².